The highest BCUT2D eigenvalue weighted by Crippen LogP contribution is 2.21. The molecule has 1 aromatic carbocycles. The Bertz CT molecular complexity index is 366. The lowest BCUT2D eigenvalue weighted by Crippen LogP contribution is -2.01. The van der Waals surface area contributed by atoms with Crippen molar-refractivity contribution < 1.29 is 15.0 Å². The van der Waals surface area contributed by atoms with Gasteiger partial charge in [0.15, 0.2) is 0 Å². The zero-order valence-corrected chi connectivity index (χ0v) is 10.6. The Morgan fingerprint density at radius 1 is 1.06 bits per heavy atom. The van der Waals surface area contributed by atoms with Crippen LogP contribution in [0.25, 0.3) is 0 Å². The molecule has 0 heterocycles. The van der Waals surface area contributed by atoms with Crippen LogP contribution in [0.2, 0.25) is 0 Å². The van der Waals surface area contributed by atoms with Crippen molar-refractivity contribution in [3.63, 3.8) is 0 Å². The van der Waals surface area contributed by atoms with Gasteiger partial charge in [-0.3, -0.25) is 4.79 Å². The van der Waals surface area contributed by atoms with E-state index in [1.54, 1.807) is 12.1 Å². The topological polar surface area (TPSA) is 69.6 Å². The van der Waals surface area contributed by atoms with Gasteiger partial charge in [0.25, 0.3) is 0 Å². The van der Waals surface area contributed by atoms with Crippen LogP contribution >= 0.6 is 0 Å². The van der Waals surface area contributed by atoms with Gasteiger partial charge in [0.1, 0.15) is 5.75 Å². The molecule has 1 aromatic rings. The Kier molecular flexibility index (Phi) is 6.69. The van der Waals surface area contributed by atoms with Gasteiger partial charge < -0.3 is 15.5 Å². The van der Waals surface area contributed by atoms with E-state index in [2.05, 4.69) is 5.32 Å². The molecule has 0 radical (unpaired) electrons. The number of unbranched alkanes of at least 4 members (excludes halogenated alkanes) is 4. The van der Waals surface area contributed by atoms with E-state index >= 15 is 0 Å². The molecule has 0 amide bonds. The third kappa shape index (κ3) is 6.13. The van der Waals surface area contributed by atoms with Gasteiger partial charge >= 0.3 is 5.97 Å². The molecule has 3 N–H and O–H groups in total. The number of para-hydroxylation sites is 2. The van der Waals surface area contributed by atoms with Crippen LogP contribution in [0.3, 0.4) is 0 Å². The van der Waals surface area contributed by atoms with Crippen LogP contribution in [0.1, 0.15) is 38.5 Å². The fourth-order valence-electron chi connectivity index (χ4n) is 1.78. The van der Waals surface area contributed by atoms with Gasteiger partial charge in [0.2, 0.25) is 0 Å². The number of rotatable bonds is 9. The van der Waals surface area contributed by atoms with Crippen molar-refractivity contribution >= 4 is 11.7 Å². The van der Waals surface area contributed by atoms with Gasteiger partial charge in [-0.25, -0.2) is 0 Å². The van der Waals surface area contributed by atoms with Crippen LogP contribution in [0.4, 0.5) is 5.69 Å². The Morgan fingerprint density at radius 2 is 1.72 bits per heavy atom. The summed E-state index contributed by atoms with van der Waals surface area (Å²) < 4.78 is 0. The number of carboxylic acids is 1. The maximum Gasteiger partial charge on any atom is 0.303 e. The van der Waals surface area contributed by atoms with Crippen LogP contribution in [-0.2, 0) is 4.79 Å². The van der Waals surface area contributed by atoms with Gasteiger partial charge in [0.05, 0.1) is 5.69 Å². The quantitative estimate of drug-likeness (QED) is 0.465. The van der Waals surface area contributed by atoms with E-state index in [9.17, 15) is 9.90 Å². The van der Waals surface area contributed by atoms with E-state index in [1.165, 1.54) is 0 Å². The number of anilines is 1. The number of aromatic hydroxyl groups is 1. The van der Waals surface area contributed by atoms with Crippen molar-refractivity contribution in [2.75, 3.05) is 11.9 Å². The number of carboxylic acid groups (broad SMARTS) is 1. The zero-order valence-electron chi connectivity index (χ0n) is 10.6. The summed E-state index contributed by atoms with van der Waals surface area (Å²) in [7, 11) is 0. The molecule has 1 rings (SSSR count). The molecular weight excluding hydrogens is 230 g/mol. The first-order valence-corrected chi connectivity index (χ1v) is 6.44. The molecule has 4 heteroatoms. The monoisotopic (exact) mass is 251 g/mol. The third-order valence-corrected chi connectivity index (χ3v) is 2.79. The summed E-state index contributed by atoms with van der Waals surface area (Å²) in [5.41, 5.74) is 0.767. The Labute approximate surface area is 108 Å². The van der Waals surface area contributed by atoms with Gasteiger partial charge in [-0.1, -0.05) is 31.4 Å². The Hall–Kier alpha value is -1.71. The fourth-order valence-corrected chi connectivity index (χ4v) is 1.78. The van der Waals surface area contributed by atoms with E-state index in [-0.39, 0.29) is 12.2 Å². The lowest BCUT2D eigenvalue weighted by Gasteiger charge is -2.07. The molecule has 0 unspecified atom stereocenters. The van der Waals surface area contributed by atoms with Crippen LogP contribution in [0.15, 0.2) is 24.3 Å². The van der Waals surface area contributed by atoms with Crippen molar-refractivity contribution in [1.29, 1.82) is 0 Å². The molecule has 0 fully saturated rings. The van der Waals surface area contributed by atoms with E-state index < -0.39 is 5.97 Å². The van der Waals surface area contributed by atoms with E-state index in [4.69, 9.17) is 5.11 Å². The van der Waals surface area contributed by atoms with Gasteiger partial charge in [-0.2, -0.15) is 0 Å². The predicted molar refractivity (Wildman–Crippen MR) is 71.9 cm³/mol. The molecule has 100 valence electrons. The van der Waals surface area contributed by atoms with Crippen LogP contribution < -0.4 is 5.32 Å². The number of benzene rings is 1. The number of phenolic OH excluding ortho intramolecular Hbond substituents is 1. The summed E-state index contributed by atoms with van der Waals surface area (Å²) in [6.45, 7) is 0.830. The first-order valence-electron chi connectivity index (χ1n) is 6.44. The second-order valence-corrected chi connectivity index (χ2v) is 4.36. The van der Waals surface area contributed by atoms with Gasteiger partial charge in [-0.15, -0.1) is 0 Å². The number of nitrogens with one attached hydrogen (secondary N) is 1. The molecule has 0 aliphatic heterocycles. The lowest BCUT2D eigenvalue weighted by atomic mass is 10.1. The summed E-state index contributed by atoms with van der Waals surface area (Å²) in [5.74, 6) is -0.435. The number of aliphatic carboxylic acids is 1. The normalized spacial score (nSPS) is 10.2. The van der Waals surface area contributed by atoms with Crippen LogP contribution in [0, 0.1) is 0 Å². The van der Waals surface area contributed by atoms with Crippen molar-refractivity contribution in [3.8, 4) is 5.75 Å². The van der Waals surface area contributed by atoms with E-state index in [1.807, 2.05) is 12.1 Å². The highest BCUT2D eigenvalue weighted by Gasteiger charge is 1.98. The summed E-state index contributed by atoms with van der Waals surface area (Å²) in [6.07, 6.45) is 5.19. The molecule has 0 spiro atoms. The van der Waals surface area contributed by atoms with Crippen LogP contribution in [-0.4, -0.2) is 22.7 Å². The zero-order chi connectivity index (χ0) is 13.2. The summed E-state index contributed by atoms with van der Waals surface area (Å²) in [6, 6.07) is 7.19. The highest BCUT2D eigenvalue weighted by molar-refractivity contribution is 5.66. The van der Waals surface area contributed by atoms with E-state index in [0.29, 0.717) is 0 Å². The molecule has 4 nitrogen and oxygen atoms in total. The average Bonchev–Trinajstić information content (AvgIpc) is 2.34. The van der Waals surface area contributed by atoms with Crippen molar-refractivity contribution in [3.05, 3.63) is 24.3 Å². The molecule has 0 aromatic heterocycles. The fraction of sp³-hybridized carbons (Fsp3) is 0.500. The average molecular weight is 251 g/mol. The van der Waals surface area contributed by atoms with Gasteiger partial charge in [0, 0.05) is 13.0 Å². The molecule has 0 atom stereocenters. The molecule has 0 bridgehead atoms. The standard InChI is InChI=1S/C14H21NO3/c16-13-9-6-5-8-12(13)15-11-7-3-1-2-4-10-14(17)18/h5-6,8-9,15-16H,1-4,7,10-11H2,(H,17,18). The molecule has 0 aliphatic rings. The lowest BCUT2D eigenvalue weighted by molar-refractivity contribution is -0.137. The second kappa shape index (κ2) is 8.39. The second-order valence-electron chi connectivity index (χ2n) is 4.36. The highest BCUT2D eigenvalue weighted by atomic mass is 16.4. The minimum Gasteiger partial charge on any atom is -0.506 e. The molecule has 18 heavy (non-hydrogen) atoms. The molecule has 0 saturated carbocycles. The summed E-state index contributed by atoms with van der Waals surface area (Å²) >= 11 is 0. The number of carbonyl (C=O) groups is 1. The first kappa shape index (κ1) is 14.4. The van der Waals surface area contributed by atoms with Gasteiger partial charge in [-0.05, 0) is 25.0 Å². The first-order chi connectivity index (χ1) is 8.70. The summed E-state index contributed by atoms with van der Waals surface area (Å²) in [4.78, 5) is 10.3. The van der Waals surface area contributed by atoms with Crippen molar-refractivity contribution in [1.82, 2.24) is 0 Å². The summed E-state index contributed by atoms with van der Waals surface area (Å²) in [5, 5.41) is 21.2. The Morgan fingerprint density at radius 3 is 2.44 bits per heavy atom. The number of hydrogen-bond acceptors (Lipinski definition) is 3. The number of phenols is 1. The van der Waals surface area contributed by atoms with Crippen molar-refractivity contribution in [2.24, 2.45) is 0 Å². The number of hydrogen-bond donors (Lipinski definition) is 3. The Balaban J connectivity index is 1.99. The maximum absolute atomic E-state index is 10.3. The van der Waals surface area contributed by atoms with Crippen molar-refractivity contribution in [2.45, 2.75) is 38.5 Å². The molecule has 0 aliphatic carbocycles. The smallest absolute Gasteiger partial charge is 0.303 e. The minimum atomic E-state index is -0.712. The molecular formula is C14H21NO3. The third-order valence-electron chi connectivity index (χ3n) is 2.79. The van der Waals surface area contributed by atoms with Crippen LogP contribution in [0.5, 0.6) is 5.75 Å². The predicted octanol–water partition coefficient (Wildman–Crippen LogP) is 3.23. The largest absolute Gasteiger partial charge is 0.506 e. The maximum atomic E-state index is 10.3. The minimum absolute atomic E-state index is 0.274. The SMILES string of the molecule is O=C(O)CCCCCCCNc1ccccc1O. The van der Waals surface area contributed by atoms with E-state index in [0.717, 1.165) is 44.3 Å². The molecule has 0 saturated heterocycles.